The van der Waals surface area contributed by atoms with Gasteiger partial charge < -0.3 is 9.84 Å². The van der Waals surface area contributed by atoms with Gasteiger partial charge >= 0.3 is 0 Å². The Labute approximate surface area is 126 Å². The lowest BCUT2D eigenvalue weighted by atomic mass is 9.96. The largest absolute Gasteiger partial charge is 0.494 e. The van der Waals surface area contributed by atoms with Crippen molar-refractivity contribution in [2.45, 2.75) is 39.8 Å². The van der Waals surface area contributed by atoms with Crippen LogP contribution in [0.3, 0.4) is 0 Å². The number of nitrogens with zero attached hydrogens (tertiary/aromatic N) is 1. The Bertz CT molecular complexity index is 501. The van der Waals surface area contributed by atoms with Gasteiger partial charge in [-0.05, 0) is 44.4 Å². The molecule has 1 fully saturated rings. The molecular formula is C17H25NO3. The van der Waals surface area contributed by atoms with Crippen molar-refractivity contribution in [3.63, 3.8) is 0 Å². The minimum absolute atomic E-state index is 0.0710. The number of ether oxygens (including phenoxy) is 1. The van der Waals surface area contributed by atoms with Crippen LogP contribution >= 0.6 is 0 Å². The van der Waals surface area contributed by atoms with Crippen LogP contribution in [0.25, 0.3) is 0 Å². The van der Waals surface area contributed by atoms with Crippen LogP contribution in [-0.2, 0) is 6.54 Å². The first-order valence-corrected chi connectivity index (χ1v) is 7.68. The normalized spacial score (nSPS) is 23.0. The Hall–Kier alpha value is -1.39. The van der Waals surface area contributed by atoms with Crippen LogP contribution in [-0.4, -0.2) is 41.6 Å². The molecule has 0 amide bonds. The van der Waals surface area contributed by atoms with E-state index in [0.717, 1.165) is 42.9 Å². The zero-order valence-electron chi connectivity index (χ0n) is 13.1. The highest BCUT2D eigenvalue weighted by Crippen LogP contribution is 2.25. The maximum atomic E-state index is 11.6. The molecule has 0 aromatic heterocycles. The molecule has 116 valence electrons. The van der Waals surface area contributed by atoms with E-state index in [0.29, 0.717) is 6.61 Å². The first-order valence-electron chi connectivity index (χ1n) is 7.68. The zero-order chi connectivity index (χ0) is 15.4. The molecule has 2 rings (SSSR count). The Balaban J connectivity index is 2.16. The fourth-order valence-electron chi connectivity index (χ4n) is 2.82. The first kappa shape index (κ1) is 16.0. The van der Waals surface area contributed by atoms with E-state index in [1.807, 2.05) is 25.1 Å². The Morgan fingerprint density at radius 1 is 1.48 bits per heavy atom. The van der Waals surface area contributed by atoms with Crippen LogP contribution in [0.1, 0.15) is 43.1 Å². The molecule has 0 radical (unpaired) electrons. The number of Topliss-reactive ketones (excluding diaryl/α,β-unsaturated/α-hetero) is 1. The Kier molecular flexibility index (Phi) is 5.37. The van der Waals surface area contributed by atoms with Crippen molar-refractivity contribution in [2.24, 2.45) is 5.92 Å². The second kappa shape index (κ2) is 7.05. The molecule has 2 atom stereocenters. The monoisotopic (exact) mass is 291 g/mol. The van der Waals surface area contributed by atoms with E-state index in [-0.39, 0.29) is 17.8 Å². The van der Waals surface area contributed by atoms with Crippen LogP contribution in [0.5, 0.6) is 5.75 Å². The average Bonchev–Trinajstić information content (AvgIpc) is 2.45. The number of carbonyl (C=O) groups is 1. The smallest absolute Gasteiger partial charge is 0.159 e. The van der Waals surface area contributed by atoms with Gasteiger partial charge in [0, 0.05) is 30.8 Å². The predicted molar refractivity (Wildman–Crippen MR) is 82.7 cm³/mol. The molecule has 0 saturated carbocycles. The summed E-state index contributed by atoms with van der Waals surface area (Å²) in [5, 5.41) is 9.82. The number of benzene rings is 1. The maximum Gasteiger partial charge on any atom is 0.159 e. The van der Waals surface area contributed by atoms with Gasteiger partial charge in [-0.2, -0.15) is 0 Å². The average molecular weight is 291 g/mol. The van der Waals surface area contributed by atoms with Crippen LogP contribution in [0.4, 0.5) is 0 Å². The van der Waals surface area contributed by atoms with Gasteiger partial charge in [0.05, 0.1) is 12.7 Å². The second-order valence-corrected chi connectivity index (χ2v) is 5.88. The van der Waals surface area contributed by atoms with Gasteiger partial charge in [0.2, 0.25) is 0 Å². The number of hydrogen-bond donors (Lipinski definition) is 1. The Morgan fingerprint density at radius 3 is 2.86 bits per heavy atom. The van der Waals surface area contributed by atoms with Gasteiger partial charge in [-0.15, -0.1) is 0 Å². The molecule has 1 aliphatic heterocycles. The van der Waals surface area contributed by atoms with Crippen molar-refractivity contribution in [2.75, 3.05) is 19.7 Å². The standard InChI is InChI=1S/C17H25NO3/c1-4-21-17-6-5-14(13(3)19)9-15(17)11-18-8-7-16(20)12(2)10-18/h5-6,9,12,16,20H,4,7-8,10-11H2,1-3H3. The summed E-state index contributed by atoms with van der Waals surface area (Å²) in [6.07, 6.45) is 0.605. The fraction of sp³-hybridized carbons (Fsp3) is 0.588. The minimum Gasteiger partial charge on any atom is -0.494 e. The van der Waals surface area contributed by atoms with E-state index >= 15 is 0 Å². The van der Waals surface area contributed by atoms with Gasteiger partial charge in [0.25, 0.3) is 0 Å². The highest BCUT2D eigenvalue weighted by Gasteiger charge is 2.24. The summed E-state index contributed by atoms with van der Waals surface area (Å²) >= 11 is 0. The number of aliphatic hydroxyl groups excluding tert-OH is 1. The highest BCUT2D eigenvalue weighted by molar-refractivity contribution is 5.94. The number of aliphatic hydroxyl groups is 1. The van der Waals surface area contributed by atoms with Crippen LogP contribution in [0.2, 0.25) is 0 Å². The van der Waals surface area contributed by atoms with Gasteiger partial charge in [0.1, 0.15) is 5.75 Å². The summed E-state index contributed by atoms with van der Waals surface area (Å²) in [5.41, 5.74) is 1.77. The molecule has 0 spiro atoms. The van der Waals surface area contributed by atoms with Crippen molar-refractivity contribution in [3.8, 4) is 5.75 Å². The molecule has 21 heavy (non-hydrogen) atoms. The SMILES string of the molecule is CCOc1ccc(C(C)=O)cc1CN1CCC(O)C(C)C1. The maximum absolute atomic E-state index is 11.6. The van der Waals surface area contributed by atoms with Crippen molar-refractivity contribution in [3.05, 3.63) is 29.3 Å². The molecule has 1 aromatic rings. The van der Waals surface area contributed by atoms with Gasteiger partial charge in [-0.25, -0.2) is 0 Å². The fourth-order valence-corrected chi connectivity index (χ4v) is 2.82. The summed E-state index contributed by atoms with van der Waals surface area (Å²) in [6.45, 7) is 8.74. The van der Waals surface area contributed by atoms with Crippen molar-refractivity contribution < 1.29 is 14.6 Å². The Morgan fingerprint density at radius 2 is 2.24 bits per heavy atom. The van der Waals surface area contributed by atoms with Crippen molar-refractivity contribution in [1.82, 2.24) is 4.90 Å². The topological polar surface area (TPSA) is 49.8 Å². The van der Waals surface area contributed by atoms with E-state index in [2.05, 4.69) is 11.8 Å². The third kappa shape index (κ3) is 4.05. The minimum atomic E-state index is -0.198. The second-order valence-electron chi connectivity index (χ2n) is 5.88. The number of carbonyl (C=O) groups excluding carboxylic acids is 1. The molecule has 1 aliphatic rings. The molecule has 1 aromatic carbocycles. The lowest BCUT2D eigenvalue weighted by Crippen LogP contribution is -2.41. The van der Waals surface area contributed by atoms with Crippen LogP contribution in [0.15, 0.2) is 18.2 Å². The summed E-state index contributed by atoms with van der Waals surface area (Å²) in [6, 6.07) is 5.64. The molecule has 2 unspecified atom stereocenters. The lowest BCUT2D eigenvalue weighted by Gasteiger charge is -2.34. The molecular weight excluding hydrogens is 266 g/mol. The number of piperidine rings is 1. The van der Waals surface area contributed by atoms with Crippen molar-refractivity contribution in [1.29, 1.82) is 0 Å². The summed E-state index contributed by atoms with van der Waals surface area (Å²) in [7, 11) is 0. The number of likely N-dealkylation sites (tertiary alicyclic amines) is 1. The molecule has 1 saturated heterocycles. The quantitative estimate of drug-likeness (QED) is 0.847. The zero-order valence-corrected chi connectivity index (χ0v) is 13.1. The molecule has 0 bridgehead atoms. The van der Waals surface area contributed by atoms with Crippen molar-refractivity contribution >= 4 is 5.78 Å². The van der Waals surface area contributed by atoms with Gasteiger partial charge in [-0.3, -0.25) is 9.69 Å². The molecule has 4 nitrogen and oxygen atoms in total. The van der Waals surface area contributed by atoms with Gasteiger partial charge in [0.15, 0.2) is 5.78 Å². The molecule has 4 heteroatoms. The molecule has 1 heterocycles. The summed E-state index contributed by atoms with van der Waals surface area (Å²) in [4.78, 5) is 13.9. The third-order valence-corrected chi connectivity index (χ3v) is 4.10. The predicted octanol–water partition coefficient (Wildman–Crippen LogP) is 2.49. The van der Waals surface area contributed by atoms with Crippen LogP contribution < -0.4 is 4.74 Å². The molecule has 0 aliphatic carbocycles. The van der Waals surface area contributed by atoms with E-state index in [9.17, 15) is 9.90 Å². The first-order chi connectivity index (χ1) is 10.0. The number of ketones is 1. The van der Waals surface area contributed by atoms with Crippen LogP contribution in [0, 0.1) is 5.92 Å². The number of rotatable bonds is 5. The molecule has 1 N–H and O–H groups in total. The van der Waals surface area contributed by atoms with E-state index < -0.39 is 0 Å². The summed E-state index contributed by atoms with van der Waals surface area (Å²) in [5.74, 6) is 1.20. The highest BCUT2D eigenvalue weighted by atomic mass is 16.5. The lowest BCUT2D eigenvalue weighted by molar-refractivity contribution is 0.0317. The van der Waals surface area contributed by atoms with E-state index in [1.165, 1.54) is 0 Å². The van der Waals surface area contributed by atoms with Gasteiger partial charge in [-0.1, -0.05) is 6.92 Å². The van der Waals surface area contributed by atoms with E-state index in [4.69, 9.17) is 4.74 Å². The van der Waals surface area contributed by atoms with E-state index in [1.54, 1.807) is 6.92 Å². The number of hydrogen-bond acceptors (Lipinski definition) is 4. The third-order valence-electron chi connectivity index (χ3n) is 4.10. The summed E-state index contributed by atoms with van der Waals surface area (Å²) < 4.78 is 5.67.